The van der Waals surface area contributed by atoms with Crippen molar-refractivity contribution in [3.05, 3.63) is 47.8 Å². The summed E-state index contributed by atoms with van der Waals surface area (Å²) in [7, 11) is 4.12. The number of nitrogens with zero attached hydrogens (tertiary/aromatic N) is 2. The third-order valence-electron chi connectivity index (χ3n) is 3.90. The highest BCUT2D eigenvalue weighted by Crippen LogP contribution is 2.34. The Kier molecular flexibility index (Phi) is 3.07. The minimum atomic E-state index is -0.295. The number of anilines is 1. The van der Waals surface area contributed by atoms with Crippen LogP contribution < -0.4 is 4.90 Å². The fourth-order valence-corrected chi connectivity index (χ4v) is 2.94. The molecule has 19 heavy (non-hydrogen) atoms. The first-order chi connectivity index (χ1) is 9.18. The van der Waals surface area contributed by atoms with Crippen LogP contribution in [0.1, 0.15) is 30.2 Å². The van der Waals surface area contributed by atoms with Gasteiger partial charge in [-0.05, 0) is 37.5 Å². The van der Waals surface area contributed by atoms with Crippen molar-refractivity contribution in [1.29, 1.82) is 0 Å². The minimum absolute atomic E-state index is 0.295. The average Bonchev–Trinajstić information content (AvgIpc) is 2.84. The van der Waals surface area contributed by atoms with E-state index in [0.29, 0.717) is 0 Å². The largest absolute Gasteiger partial charge is 0.388 e. The molecule has 1 atom stereocenters. The third-order valence-corrected chi connectivity index (χ3v) is 3.90. The van der Waals surface area contributed by atoms with Crippen molar-refractivity contribution in [2.24, 2.45) is 0 Å². The van der Waals surface area contributed by atoms with Crippen LogP contribution >= 0.6 is 0 Å². The van der Waals surface area contributed by atoms with E-state index in [4.69, 9.17) is 0 Å². The molecular formula is C16H20N2O. The van der Waals surface area contributed by atoms with E-state index in [9.17, 15) is 5.11 Å². The van der Waals surface area contributed by atoms with Gasteiger partial charge in [0.25, 0.3) is 0 Å². The number of para-hydroxylation sites is 2. The van der Waals surface area contributed by atoms with Crippen molar-refractivity contribution < 1.29 is 5.11 Å². The Balaban J connectivity index is 2.13. The van der Waals surface area contributed by atoms with Gasteiger partial charge in [0.15, 0.2) is 0 Å². The standard InChI is InChI=1S/C16H20N2O/c1-17(2)14-6-3-4-7-15(14)18-11-10-12-13(18)8-5-9-16(12)19/h3-4,6-7,10-11,16,19H,5,8-9H2,1-2H3. The Morgan fingerprint density at radius 3 is 2.79 bits per heavy atom. The van der Waals surface area contributed by atoms with Crippen molar-refractivity contribution in [3.8, 4) is 5.69 Å². The molecule has 0 fully saturated rings. The van der Waals surface area contributed by atoms with E-state index in [-0.39, 0.29) is 6.10 Å². The van der Waals surface area contributed by atoms with Crippen molar-refractivity contribution in [3.63, 3.8) is 0 Å². The minimum Gasteiger partial charge on any atom is -0.388 e. The molecular weight excluding hydrogens is 236 g/mol. The molecule has 1 aromatic heterocycles. The summed E-state index contributed by atoms with van der Waals surface area (Å²) in [6.07, 6.45) is 4.77. The lowest BCUT2D eigenvalue weighted by Crippen LogP contribution is -2.15. The van der Waals surface area contributed by atoms with Gasteiger partial charge in [-0.1, -0.05) is 12.1 Å². The van der Waals surface area contributed by atoms with Crippen LogP contribution in [0.5, 0.6) is 0 Å². The molecule has 0 spiro atoms. The lowest BCUT2D eigenvalue weighted by molar-refractivity contribution is 0.156. The molecule has 0 saturated carbocycles. The van der Waals surface area contributed by atoms with Gasteiger partial charge in [-0.2, -0.15) is 0 Å². The van der Waals surface area contributed by atoms with E-state index in [1.165, 1.54) is 17.1 Å². The smallest absolute Gasteiger partial charge is 0.0807 e. The zero-order valence-corrected chi connectivity index (χ0v) is 11.5. The van der Waals surface area contributed by atoms with E-state index < -0.39 is 0 Å². The van der Waals surface area contributed by atoms with Crippen LogP contribution in [-0.4, -0.2) is 23.8 Å². The van der Waals surface area contributed by atoms with Gasteiger partial charge in [-0.15, -0.1) is 0 Å². The Hall–Kier alpha value is -1.74. The maximum atomic E-state index is 10.1. The predicted molar refractivity (Wildman–Crippen MR) is 78.0 cm³/mol. The van der Waals surface area contributed by atoms with Gasteiger partial charge in [0.1, 0.15) is 0 Å². The zero-order valence-electron chi connectivity index (χ0n) is 11.5. The highest BCUT2D eigenvalue weighted by molar-refractivity contribution is 5.63. The molecule has 0 aliphatic heterocycles. The number of hydrogen-bond donors (Lipinski definition) is 1. The summed E-state index contributed by atoms with van der Waals surface area (Å²) in [5.41, 5.74) is 4.73. The maximum absolute atomic E-state index is 10.1. The molecule has 1 N–H and O–H groups in total. The summed E-state index contributed by atoms with van der Waals surface area (Å²) in [6.45, 7) is 0. The summed E-state index contributed by atoms with van der Waals surface area (Å²) in [5.74, 6) is 0. The van der Waals surface area contributed by atoms with Gasteiger partial charge < -0.3 is 14.6 Å². The summed E-state index contributed by atoms with van der Waals surface area (Å²) >= 11 is 0. The normalized spacial score (nSPS) is 18.2. The molecule has 0 radical (unpaired) electrons. The van der Waals surface area contributed by atoms with Crippen molar-refractivity contribution >= 4 is 5.69 Å². The lowest BCUT2D eigenvalue weighted by atomic mass is 9.95. The summed E-state index contributed by atoms with van der Waals surface area (Å²) in [6, 6.07) is 10.4. The van der Waals surface area contributed by atoms with Crippen LogP contribution in [-0.2, 0) is 6.42 Å². The van der Waals surface area contributed by atoms with E-state index in [1.807, 2.05) is 0 Å². The molecule has 2 aromatic rings. The van der Waals surface area contributed by atoms with E-state index in [0.717, 1.165) is 24.8 Å². The van der Waals surface area contributed by atoms with E-state index in [2.05, 4.69) is 60.1 Å². The highest BCUT2D eigenvalue weighted by atomic mass is 16.3. The molecule has 0 saturated heterocycles. The van der Waals surface area contributed by atoms with Crippen molar-refractivity contribution in [2.75, 3.05) is 19.0 Å². The molecule has 1 aliphatic carbocycles. The quantitative estimate of drug-likeness (QED) is 0.895. The molecule has 1 aliphatic rings. The second-order valence-electron chi connectivity index (χ2n) is 5.38. The van der Waals surface area contributed by atoms with Crippen LogP contribution in [0.3, 0.4) is 0 Å². The Morgan fingerprint density at radius 1 is 1.21 bits per heavy atom. The molecule has 3 nitrogen and oxygen atoms in total. The molecule has 1 aromatic carbocycles. The van der Waals surface area contributed by atoms with Crippen LogP contribution in [0.25, 0.3) is 5.69 Å². The van der Waals surface area contributed by atoms with Crippen LogP contribution in [0, 0.1) is 0 Å². The molecule has 100 valence electrons. The Labute approximate surface area is 114 Å². The second kappa shape index (κ2) is 4.74. The van der Waals surface area contributed by atoms with Crippen molar-refractivity contribution in [2.45, 2.75) is 25.4 Å². The van der Waals surface area contributed by atoms with Gasteiger partial charge in [0.05, 0.1) is 17.5 Å². The SMILES string of the molecule is CN(C)c1ccccc1-n1ccc2c1CCCC2O. The predicted octanol–water partition coefficient (Wildman–Crippen LogP) is 2.91. The van der Waals surface area contributed by atoms with Crippen LogP contribution in [0.2, 0.25) is 0 Å². The fraction of sp³-hybridized carbons (Fsp3) is 0.375. The molecule has 3 heteroatoms. The number of fused-ring (bicyclic) bond motifs is 1. The monoisotopic (exact) mass is 256 g/mol. The number of hydrogen-bond acceptors (Lipinski definition) is 2. The first kappa shape index (κ1) is 12.3. The molecule has 3 rings (SSSR count). The summed E-state index contributed by atoms with van der Waals surface area (Å²) in [5, 5.41) is 10.1. The topological polar surface area (TPSA) is 28.4 Å². The number of aliphatic hydroxyl groups is 1. The molecule has 1 heterocycles. The molecule has 0 amide bonds. The maximum Gasteiger partial charge on any atom is 0.0807 e. The Morgan fingerprint density at radius 2 is 2.00 bits per heavy atom. The Bertz CT molecular complexity index is 586. The van der Waals surface area contributed by atoms with Gasteiger partial charge in [0, 0.05) is 31.5 Å². The van der Waals surface area contributed by atoms with E-state index >= 15 is 0 Å². The highest BCUT2D eigenvalue weighted by Gasteiger charge is 2.22. The first-order valence-electron chi connectivity index (χ1n) is 6.83. The van der Waals surface area contributed by atoms with Crippen molar-refractivity contribution in [1.82, 2.24) is 4.57 Å². The second-order valence-corrected chi connectivity index (χ2v) is 5.38. The molecule has 1 unspecified atom stereocenters. The zero-order chi connectivity index (χ0) is 13.4. The van der Waals surface area contributed by atoms with Gasteiger partial charge in [-0.3, -0.25) is 0 Å². The van der Waals surface area contributed by atoms with Crippen LogP contribution in [0.4, 0.5) is 5.69 Å². The summed E-state index contributed by atoms with van der Waals surface area (Å²) < 4.78 is 2.23. The van der Waals surface area contributed by atoms with Gasteiger partial charge >= 0.3 is 0 Å². The number of aromatic nitrogens is 1. The van der Waals surface area contributed by atoms with Crippen LogP contribution in [0.15, 0.2) is 36.5 Å². The lowest BCUT2D eigenvalue weighted by Gasteiger charge is -2.23. The summed E-state index contributed by atoms with van der Waals surface area (Å²) in [4.78, 5) is 2.13. The first-order valence-corrected chi connectivity index (χ1v) is 6.83. The number of rotatable bonds is 2. The van der Waals surface area contributed by atoms with Gasteiger partial charge in [0.2, 0.25) is 0 Å². The van der Waals surface area contributed by atoms with E-state index in [1.54, 1.807) is 0 Å². The number of aliphatic hydroxyl groups excluding tert-OH is 1. The third kappa shape index (κ3) is 2.04. The van der Waals surface area contributed by atoms with Gasteiger partial charge in [-0.25, -0.2) is 0 Å². The number of benzene rings is 1. The molecule has 0 bridgehead atoms. The average molecular weight is 256 g/mol. The fourth-order valence-electron chi connectivity index (χ4n) is 2.94.